The predicted molar refractivity (Wildman–Crippen MR) is 122 cm³/mol. The summed E-state index contributed by atoms with van der Waals surface area (Å²) in [5.41, 5.74) is 3.39. The molecule has 166 valence electrons. The fraction of sp³-hybridized carbons (Fsp3) is 0.154. The summed E-state index contributed by atoms with van der Waals surface area (Å²) >= 11 is 0. The number of fused-ring (bicyclic) bond motifs is 2. The number of imide groups is 1. The SMILES string of the molecule is COc1ccc(CN2C(=O)/C(=C/NCc3ccc4c(c3)OCO4)c3ccccc3C2=O)cc1. The van der Waals surface area contributed by atoms with Gasteiger partial charge in [-0.15, -0.1) is 0 Å². The first-order chi connectivity index (χ1) is 16.1. The van der Waals surface area contributed by atoms with Crippen molar-refractivity contribution < 1.29 is 23.8 Å². The minimum atomic E-state index is -0.340. The number of methoxy groups -OCH3 is 1. The van der Waals surface area contributed by atoms with Crippen molar-refractivity contribution >= 4 is 17.4 Å². The fourth-order valence-corrected chi connectivity index (χ4v) is 3.92. The second-order valence-electron chi connectivity index (χ2n) is 7.72. The van der Waals surface area contributed by atoms with E-state index < -0.39 is 0 Å². The maximum absolute atomic E-state index is 13.4. The van der Waals surface area contributed by atoms with Gasteiger partial charge in [-0.1, -0.05) is 36.4 Å². The largest absolute Gasteiger partial charge is 0.497 e. The molecule has 0 spiro atoms. The minimum Gasteiger partial charge on any atom is -0.497 e. The van der Waals surface area contributed by atoms with Crippen molar-refractivity contribution in [1.82, 2.24) is 10.2 Å². The van der Waals surface area contributed by atoms with Crippen LogP contribution in [0.25, 0.3) is 5.57 Å². The number of carbonyl (C=O) groups excluding carboxylic acids is 2. The van der Waals surface area contributed by atoms with Crippen LogP contribution in [0.1, 0.15) is 27.0 Å². The third kappa shape index (κ3) is 4.01. The minimum absolute atomic E-state index is 0.176. The molecule has 0 aliphatic carbocycles. The maximum Gasteiger partial charge on any atom is 0.263 e. The quantitative estimate of drug-likeness (QED) is 0.463. The van der Waals surface area contributed by atoms with Gasteiger partial charge in [0.1, 0.15) is 5.75 Å². The Labute approximate surface area is 191 Å². The van der Waals surface area contributed by atoms with Crippen LogP contribution in [0.4, 0.5) is 0 Å². The molecule has 3 aromatic carbocycles. The Morgan fingerprint density at radius 2 is 1.64 bits per heavy atom. The van der Waals surface area contributed by atoms with Crippen molar-refractivity contribution in [2.24, 2.45) is 0 Å². The van der Waals surface area contributed by atoms with Gasteiger partial charge in [0.25, 0.3) is 11.8 Å². The zero-order chi connectivity index (χ0) is 22.8. The number of benzene rings is 3. The molecule has 7 nitrogen and oxygen atoms in total. The highest BCUT2D eigenvalue weighted by atomic mass is 16.7. The van der Waals surface area contributed by atoms with Gasteiger partial charge in [0.2, 0.25) is 6.79 Å². The van der Waals surface area contributed by atoms with E-state index in [0.29, 0.717) is 34.7 Å². The van der Waals surface area contributed by atoms with Crippen molar-refractivity contribution in [1.29, 1.82) is 0 Å². The Hall–Kier alpha value is -4.26. The molecular formula is C26H22N2O5. The number of carbonyl (C=O) groups is 2. The molecule has 1 N–H and O–H groups in total. The summed E-state index contributed by atoms with van der Waals surface area (Å²) in [6.07, 6.45) is 1.68. The van der Waals surface area contributed by atoms with E-state index in [9.17, 15) is 9.59 Å². The number of nitrogens with zero attached hydrogens (tertiary/aromatic N) is 1. The lowest BCUT2D eigenvalue weighted by Crippen LogP contribution is -2.41. The van der Waals surface area contributed by atoms with Crippen molar-refractivity contribution in [2.45, 2.75) is 13.1 Å². The highest BCUT2D eigenvalue weighted by Gasteiger charge is 2.34. The summed E-state index contributed by atoms with van der Waals surface area (Å²) in [7, 11) is 1.59. The molecular weight excluding hydrogens is 420 g/mol. The Balaban J connectivity index is 1.39. The molecule has 3 aromatic rings. The summed E-state index contributed by atoms with van der Waals surface area (Å²) < 4.78 is 16.0. The maximum atomic E-state index is 13.4. The molecule has 0 fully saturated rings. The molecule has 2 heterocycles. The molecule has 2 aliphatic rings. The van der Waals surface area contributed by atoms with Crippen LogP contribution in [0.5, 0.6) is 17.2 Å². The summed E-state index contributed by atoms with van der Waals surface area (Å²) in [6.45, 7) is 0.886. The van der Waals surface area contributed by atoms with Gasteiger partial charge in [-0.3, -0.25) is 14.5 Å². The van der Waals surface area contributed by atoms with Gasteiger partial charge >= 0.3 is 0 Å². The Morgan fingerprint density at radius 1 is 0.909 bits per heavy atom. The lowest BCUT2D eigenvalue weighted by atomic mass is 9.93. The first kappa shape index (κ1) is 20.6. The Kier molecular flexibility index (Phi) is 5.44. The summed E-state index contributed by atoms with van der Waals surface area (Å²) in [5.74, 6) is 1.50. The van der Waals surface area contributed by atoms with E-state index >= 15 is 0 Å². The van der Waals surface area contributed by atoms with Crippen LogP contribution in [0, 0.1) is 0 Å². The van der Waals surface area contributed by atoms with Crippen LogP contribution < -0.4 is 19.5 Å². The highest BCUT2D eigenvalue weighted by molar-refractivity contribution is 6.30. The second-order valence-corrected chi connectivity index (χ2v) is 7.72. The molecule has 2 aliphatic heterocycles. The number of amides is 2. The van der Waals surface area contributed by atoms with E-state index in [0.717, 1.165) is 16.9 Å². The summed E-state index contributed by atoms with van der Waals surface area (Å²) in [4.78, 5) is 27.7. The topological polar surface area (TPSA) is 77.1 Å². The number of rotatable bonds is 6. The van der Waals surface area contributed by atoms with Crippen molar-refractivity contribution in [3.8, 4) is 17.2 Å². The number of ether oxygens (including phenoxy) is 3. The molecule has 5 rings (SSSR count). The van der Waals surface area contributed by atoms with E-state index in [1.807, 2.05) is 48.5 Å². The van der Waals surface area contributed by atoms with Crippen molar-refractivity contribution in [3.05, 3.63) is 95.2 Å². The predicted octanol–water partition coefficient (Wildman–Crippen LogP) is 3.74. The first-order valence-electron chi connectivity index (χ1n) is 10.5. The Morgan fingerprint density at radius 3 is 2.42 bits per heavy atom. The molecule has 2 amide bonds. The van der Waals surface area contributed by atoms with Crippen LogP contribution in [-0.2, 0) is 17.9 Å². The second kappa shape index (κ2) is 8.70. The normalized spacial score (nSPS) is 15.5. The van der Waals surface area contributed by atoms with Gasteiger partial charge in [-0.2, -0.15) is 0 Å². The number of hydrogen-bond donors (Lipinski definition) is 1. The lowest BCUT2D eigenvalue weighted by Gasteiger charge is -2.28. The van der Waals surface area contributed by atoms with Crippen LogP contribution in [0.2, 0.25) is 0 Å². The zero-order valence-corrected chi connectivity index (χ0v) is 18.0. The van der Waals surface area contributed by atoms with Gasteiger partial charge in [-0.05, 0) is 41.5 Å². The van der Waals surface area contributed by atoms with E-state index in [2.05, 4.69) is 5.32 Å². The van der Waals surface area contributed by atoms with Gasteiger partial charge in [0, 0.05) is 23.9 Å². The molecule has 7 heteroatoms. The Bertz CT molecular complexity index is 1250. The van der Waals surface area contributed by atoms with Crippen LogP contribution in [-0.4, -0.2) is 30.6 Å². The third-order valence-electron chi connectivity index (χ3n) is 5.66. The van der Waals surface area contributed by atoms with Crippen LogP contribution in [0.15, 0.2) is 72.9 Å². The van der Waals surface area contributed by atoms with Crippen LogP contribution >= 0.6 is 0 Å². The van der Waals surface area contributed by atoms with E-state index in [1.165, 1.54) is 4.90 Å². The third-order valence-corrected chi connectivity index (χ3v) is 5.66. The van der Waals surface area contributed by atoms with Crippen molar-refractivity contribution in [3.63, 3.8) is 0 Å². The smallest absolute Gasteiger partial charge is 0.263 e. The van der Waals surface area contributed by atoms with Gasteiger partial charge in [-0.25, -0.2) is 0 Å². The molecule has 0 radical (unpaired) electrons. The van der Waals surface area contributed by atoms with E-state index in [4.69, 9.17) is 14.2 Å². The molecule has 0 saturated carbocycles. The molecule has 0 aromatic heterocycles. The van der Waals surface area contributed by atoms with E-state index in [-0.39, 0.29) is 25.2 Å². The monoisotopic (exact) mass is 442 g/mol. The number of hydrogen-bond acceptors (Lipinski definition) is 6. The van der Waals surface area contributed by atoms with Gasteiger partial charge in [0.15, 0.2) is 11.5 Å². The molecule has 33 heavy (non-hydrogen) atoms. The fourth-order valence-electron chi connectivity index (χ4n) is 3.92. The van der Waals surface area contributed by atoms with E-state index in [1.54, 1.807) is 31.5 Å². The lowest BCUT2D eigenvalue weighted by molar-refractivity contribution is -0.123. The standard InChI is InChI=1S/C26H22N2O5/c1-31-19-9-6-17(7-10-19)15-28-25(29)21-5-3-2-4-20(21)22(26(28)30)14-27-13-18-8-11-23-24(12-18)33-16-32-23/h2-12,14,27H,13,15-16H2,1H3/b22-14+. The highest BCUT2D eigenvalue weighted by Crippen LogP contribution is 2.33. The van der Waals surface area contributed by atoms with Gasteiger partial charge < -0.3 is 19.5 Å². The molecule has 0 atom stereocenters. The molecule has 0 unspecified atom stereocenters. The van der Waals surface area contributed by atoms with Crippen molar-refractivity contribution in [2.75, 3.05) is 13.9 Å². The molecule has 0 bridgehead atoms. The van der Waals surface area contributed by atoms with Crippen LogP contribution in [0.3, 0.4) is 0 Å². The molecule has 0 saturated heterocycles. The number of nitrogens with one attached hydrogen (secondary N) is 1. The first-order valence-corrected chi connectivity index (χ1v) is 10.5. The summed E-state index contributed by atoms with van der Waals surface area (Å²) in [6, 6.07) is 20.2. The van der Waals surface area contributed by atoms with Gasteiger partial charge in [0.05, 0.1) is 19.2 Å². The average Bonchev–Trinajstić information content (AvgIpc) is 3.32. The zero-order valence-electron chi connectivity index (χ0n) is 18.0. The summed E-state index contributed by atoms with van der Waals surface area (Å²) in [5, 5.41) is 3.21. The average molecular weight is 442 g/mol.